The fourth-order valence-electron chi connectivity index (χ4n) is 2.88. The Morgan fingerprint density at radius 3 is 3.00 bits per heavy atom. The summed E-state index contributed by atoms with van der Waals surface area (Å²) in [6.07, 6.45) is 2.27. The van der Waals surface area contributed by atoms with E-state index in [1.807, 2.05) is 0 Å². The molecule has 16 heavy (non-hydrogen) atoms. The molecule has 1 atom stereocenters. The lowest BCUT2D eigenvalue weighted by atomic mass is 9.94. The van der Waals surface area contributed by atoms with Gasteiger partial charge in [0, 0.05) is 18.9 Å². The summed E-state index contributed by atoms with van der Waals surface area (Å²) >= 11 is 0. The second-order valence-corrected chi connectivity index (χ2v) is 5.56. The molecule has 1 fully saturated rings. The molecule has 2 aliphatic rings. The van der Waals surface area contributed by atoms with Gasteiger partial charge in [-0.15, -0.1) is 0 Å². The Hall–Kier alpha value is -1.02. The molecule has 1 aromatic rings. The topological polar surface area (TPSA) is 21.3 Å². The van der Waals surface area contributed by atoms with Crippen LogP contribution in [-0.2, 0) is 6.42 Å². The van der Waals surface area contributed by atoms with Crippen molar-refractivity contribution in [2.45, 2.75) is 38.2 Å². The maximum Gasteiger partial charge on any atom is 0.126 e. The molecular formula is C14H19NO. The summed E-state index contributed by atoms with van der Waals surface area (Å²) in [7, 11) is 0. The van der Waals surface area contributed by atoms with E-state index >= 15 is 0 Å². The highest BCUT2D eigenvalue weighted by atomic mass is 16.5. The van der Waals surface area contributed by atoms with Gasteiger partial charge in [0.15, 0.2) is 0 Å². The highest BCUT2D eigenvalue weighted by Crippen LogP contribution is 2.41. The average molecular weight is 217 g/mol. The summed E-state index contributed by atoms with van der Waals surface area (Å²) in [6.45, 7) is 6.57. The van der Waals surface area contributed by atoms with E-state index in [-0.39, 0.29) is 5.60 Å². The van der Waals surface area contributed by atoms with E-state index in [9.17, 15) is 0 Å². The highest BCUT2D eigenvalue weighted by Gasteiger charge is 2.33. The molecule has 0 bridgehead atoms. The van der Waals surface area contributed by atoms with Gasteiger partial charge in [-0.25, -0.2) is 0 Å². The van der Waals surface area contributed by atoms with Gasteiger partial charge in [0.25, 0.3) is 0 Å². The van der Waals surface area contributed by atoms with E-state index in [4.69, 9.17) is 4.74 Å². The number of nitrogens with one attached hydrogen (secondary N) is 1. The molecule has 0 amide bonds. The van der Waals surface area contributed by atoms with Crippen LogP contribution in [0.3, 0.4) is 0 Å². The molecule has 86 valence electrons. The number of benzene rings is 1. The normalized spacial score (nSPS) is 26.5. The molecule has 0 saturated carbocycles. The van der Waals surface area contributed by atoms with E-state index in [1.165, 1.54) is 23.3 Å². The third kappa shape index (κ3) is 1.61. The van der Waals surface area contributed by atoms with Crippen molar-refractivity contribution in [2.24, 2.45) is 0 Å². The van der Waals surface area contributed by atoms with Crippen LogP contribution in [-0.4, -0.2) is 18.7 Å². The van der Waals surface area contributed by atoms with Crippen LogP contribution in [0.25, 0.3) is 0 Å². The largest absolute Gasteiger partial charge is 0.487 e. The minimum Gasteiger partial charge on any atom is -0.487 e. The van der Waals surface area contributed by atoms with Crippen molar-refractivity contribution in [3.8, 4) is 5.75 Å². The summed E-state index contributed by atoms with van der Waals surface area (Å²) in [6, 6.07) is 6.62. The predicted octanol–water partition coefficient (Wildman–Crippen LogP) is 2.48. The second-order valence-electron chi connectivity index (χ2n) is 5.56. The zero-order valence-electron chi connectivity index (χ0n) is 10.0. The first-order chi connectivity index (χ1) is 7.66. The zero-order chi connectivity index (χ0) is 11.2. The maximum atomic E-state index is 6.11. The fraction of sp³-hybridized carbons (Fsp3) is 0.571. The Morgan fingerprint density at radius 2 is 2.25 bits per heavy atom. The molecule has 0 aliphatic carbocycles. The number of hydrogen-bond acceptors (Lipinski definition) is 2. The van der Waals surface area contributed by atoms with Crippen LogP contribution in [0.1, 0.15) is 37.3 Å². The van der Waals surface area contributed by atoms with E-state index in [1.54, 1.807) is 0 Å². The van der Waals surface area contributed by atoms with Crippen molar-refractivity contribution in [3.05, 3.63) is 29.3 Å². The molecule has 2 heteroatoms. The number of fused-ring (bicyclic) bond motifs is 1. The number of hydrogen-bond donors (Lipinski definition) is 1. The van der Waals surface area contributed by atoms with Gasteiger partial charge in [0.2, 0.25) is 0 Å². The molecule has 1 unspecified atom stereocenters. The van der Waals surface area contributed by atoms with E-state index in [0.29, 0.717) is 5.92 Å². The minimum atomic E-state index is -0.0233. The Bertz CT molecular complexity index is 405. The zero-order valence-corrected chi connectivity index (χ0v) is 10.0. The monoisotopic (exact) mass is 217 g/mol. The lowest BCUT2D eigenvalue weighted by Gasteiger charge is -2.19. The van der Waals surface area contributed by atoms with Crippen molar-refractivity contribution in [2.75, 3.05) is 13.1 Å². The Labute approximate surface area is 97.0 Å². The first-order valence-corrected chi connectivity index (χ1v) is 6.17. The van der Waals surface area contributed by atoms with Crippen LogP contribution < -0.4 is 10.1 Å². The average Bonchev–Trinajstić information content (AvgIpc) is 2.80. The Kier molecular flexibility index (Phi) is 2.21. The Morgan fingerprint density at radius 1 is 1.38 bits per heavy atom. The van der Waals surface area contributed by atoms with Gasteiger partial charge in [-0.1, -0.05) is 18.2 Å². The third-order valence-corrected chi connectivity index (χ3v) is 3.62. The summed E-state index contributed by atoms with van der Waals surface area (Å²) in [5, 5.41) is 3.43. The molecule has 0 spiro atoms. The number of rotatable bonds is 1. The lowest BCUT2D eigenvalue weighted by molar-refractivity contribution is 0.137. The van der Waals surface area contributed by atoms with Crippen LogP contribution in [0, 0.1) is 0 Å². The second kappa shape index (κ2) is 3.49. The van der Waals surface area contributed by atoms with Gasteiger partial charge in [0.05, 0.1) is 0 Å². The van der Waals surface area contributed by atoms with Crippen molar-refractivity contribution >= 4 is 0 Å². The molecule has 2 heterocycles. The quantitative estimate of drug-likeness (QED) is 0.780. The summed E-state index contributed by atoms with van der Waals surface area (Å²) in [5.41, 5.74) is 2.77. The van der Waals surface area contributed by atoms with Gasteiger partial charge in [-0.3, -0.25) is 0 Å². The van der Waals surface area contributed by atoms with Crippen LogP contribution >= 0.6 is 0 Å². The SMILES string of the molecule is CC1(C)Cc2cccc(C3CCNC3)c2O1. The van der Waals surface area contributed by atoms with Crippen molar-refractivity contribution < 1.29 is 4.74 Å². The van der Waals surface area contributed by atoms with E-state index < -0.39 is 0 Å². The van der Waals surface area contributed by atoms with E-state index in [0.717, 1.165) is 19.5 Å². The maximum absolute atomic E-state index is 6.11. The molecule has 1 aromatic carbocycles. The van der Waals surface area contributed by atoms with Gasteiger partial charge >= 0.3 is 0 Å². The van der Waals surface area contributed by atoms with Gasteiger partial charge < -0.3 is 10.1 Å². The molecule has 2 nitrogen and oxygen atoms in total. The van der Waals surface area contributed by atoms with Gasteiger partial charge in [-0.2, -0.15) is 0 Å². The van der Waals surface area contributed by atoms with Crippen LogP contribution in [0.4, 0.5) is 0 Å². The summed E-state index contributed by atoms with van der Waals surface area (Å²) in [5.74, 6) is 1.81. The van der Waals surface area contributed by atoms with Crippen LogP contribution in [0.5, 0.6) is 5.75 Å². The number of para-hydroxylation sites is 1. The molecule has 3 rings (SSSR count). The van der Waals surface area contributed by atoms with Crippen molar-refractivity contribution in [1.82, 2.24) is 5.32 Å². The standard InChI is InChI=1S/C14H19NO/c1-14(2)8-10-4-3-5-12(13(10)16-14)11-6-7-15-9-11/h3-5,11,15H,6-9H2,1-2H3. The Balaban J connectivity index is 1.99. The fourth-order valence-corrected chi connectivity index (χ4v) is 2.88. The first-order valence-electron chi connectivity index (χ1n) is 6.17. The molecule has 2 aliphatic heterocycles. The van der Waals surface area contributed by atoms with Crippen molar-refractivity contribution in [1.29, 1.82) is 0 Å². The smallest absolute Gasteiger partial charge is 0.126 e. The molecular weight excluding hydrogens is 198 g/mol. The van der Waals surface area contributed by atoms with Crippen LogP contribution in [0.2, 0.25) is 0 Å². The summed E-state index contributed by atoms with van der Waals surface area (Å²) < 4.78 is 6.11. The first kappa shape index (κ1) is 10.2. The van der Waals surface area contributed by atoms with E-state index in [2.05, 4.69) is 37.4 Å². The highest BCUT2D eigenvalue weighted by molar-refractivity contribution is 5.47. The lowest BCUT2D eigenvalue weighted by Crippen LogP contribution is -2.25. The van der Waals surface area contributed by atoms with Crippen LogP contribution in [0.15, 0.2) is 18.2 Å². The molecule has 0 aromatic heterocycles. The molecule has 1 N–H and O–H groups in total. The molecule has 1 saturated heterocycles. The minimum absolute atomic E-state index is 0.0233. The van der Waals surface area contributed by atoms with Gasteiger partial charge in [-0.05, 0) is 37.9 Å². The molecule has 0 radical (unpaired) electrons. The predicted molar refractivity (Wildman–Crippen MR) is 65.1 cm³/mol. The van der Waals surface area contributed by atoms with Gasteiger partial charge in [0.1, 0.15) is 11.4 Å². The van der Waals surface area contributed by atoms with Crippen molar-refractivity contribution in [3.63, 3.8) is 0 Å². The number of ether oxygens (including phenoxy) is 1. The third-order valence-electron chi connectivity index (χ3n) is 3.62. The summed E-state index contributed by atoms with van der Waals surface area (Å²) in [4.78, 5) is 0.